The van der Waals surface area contributed by atoms with E-state index in [1.807, 2.05) is 25.1 Å². The van der Waals surface area contributed by atoms with E-state index in [9.17, 15) is 13.2 Å². The molecule has 0 atom stereocenters. The number of halogens is 3. The third-order valence-electron chi connectivity index (χ3n) is 4.55. The Labute approximate surface area is 174 Å². The zero-order chi connectivity index (χ0) is 21.6. The van der Waals surface area contributed by atoms with Crippen molar-refractivity contribution in [1.29, 1.82) is 0 Å². The van der Waals surface area contributed by atoms with Crippen LogP contribution in [0.5, 0.6) is 17.2 Å². The number of benzene rings is 3. The standard InChI is InChI=1S/C25H23F3O2/c1-3-23(19-9-8-12-22(17-19)30-21-10-6-5-7-11-21)24(25(26,27)28)18-13-15-20(16-14-18)29-4-2/h5-17H,3-4H2,1-2H3/b24-23-. The minimum atomic E-state index is -4.51. The van der Waals surface area contributed by atoms with Gasteiger partial charge in [-0.2, -0.15) is 13.2 Å². The van der Waals surface area contributed by atoms with Crippen molar-refractivity contribution in [1.82, 2.24) is 0 Å². The maximum absolute atomic E-state index is 14.1. The van der Waals surface area contributed by atoms with Gasteiger partial charge in [0.05, 0.1) is 12.2 Å². The first kappa shape index (κ1) is 21.5. The largest absolute Gasteiger partial charge is 0.494 e. The zero-order valence-electron chi connectivity index (χ0n) is 16.9. The highest BCUT2D eigenvalue weighted by Crippen LogP contribution is 2.42. The first-order valence-corrected chi connectivity index (χ1v) is 9.79. The summed E-state index contributed by atoms with van der Waals surface area (Å²) in [6.45, 7) is 4.00. The molecule has 0 aliphatic carbocycles. The van der Waals surface area contributed by atoms with Crippen LogP contribution in [0.3, 0.4) is 0 Å². The van der Waals surface area contributed by atoms with Crippen LogP contribution in [0, 0.1) is 0 Å². The van der Waals surface area contributed by atoms with E-state index in [0.29, 0.717) is 29.4 Å². The van der Waals surface area contributed by atoms with Gasteiger partial charge in [0.25, 0.3) is 0 Å². The van der Waals surface area contributed by atoms with Crippen LogP contribution in [0.4, 0.5) is 13.2 Å². The van der Waals surface area contributed by atoms with Crippen LogP contribution in [-0.4, -0.2) is 12.8 Å². The van der Waals surface area contributed by atoms with E-state index < -0.39 is 11.7 Å². The number of alkyl halides is 3. The van der Waals surface area contributed by atoms with Crippen molar-refractivity contribution in [3.05, 3.63) is 90.0 Å². The van der Waals surface area contributed by atoms with Crippen LogP contribution in [0.25, 0.3) is 11.1 Å². The van der Waals surface area contributed by atoms with Crippen molar-refractivity contribution >= 4 is 11.1 Å². The average molecular weight is 412 g/mol. The molecule has 2 nitrogen and oxygen atoms in total. The molecule has 0 saturated heterocycles. The van der Waals surface area contributed by atoms with Gasteiger partial charge in [0, 0.05) is 0 Å². The predicted molar refractivity (Wildman–Crippen MR) is 114 cm³/mol. The predicted octanol–water partition coefficient (Wildman–Crippen LogP) is 7.76. The summed E-state index contributed by atoms with van der Waals surface area (Å²) in [4.78, 5) is 0. The Morgan fingerprint density at radius 1 is 0.733 bits per heavy atom. The lowest BCUT2D eigenvalue weighted by Crippen LogP contribution is -2.13. The molecular formula is C25H23F3O2. The van der Waals surface area contributed by atoms with E-state index in [1.165, 1.54) is 12.1 Å². The third-order valence-corrected chi connectivity index (χ3v) is 4.55. The molecule has 0 spiro atoms. The van der Waals surface area contributed by atoms with Crippen molar-refractivity contribution in [2.24, 2.45) is 0 Å². The molecule has 0 bridgehead atoms. The van der Waals surface area contributed by atoms with Crippen LogP contribution < -0.4 is 9.47 Å². The lowest BCUT2D eigenvalue weighted by atomic mass is 9.92. The quantitative estimate of drug-likeness (QED) is 0.369. The number of hydrogen-bond acceptors (Lipinski definition) is 2. The maximum atomic E-state index is 14.1. The van der Waals surface area contributed by atoms with Gasteiger partial charge in [-0.25, -0.2) is 0 Å². The van der Waals surface area contributed by atoms with Gasteiger partial charge in [0.2, 0.25) is 0 Å². The second-order valence-corrected chi connectivity index (χ2v) is 6.61. The summed E-state index contributed by atoms with van der Waals surface area (Å²) >= 11 is 0. The van der Waals surface area contributed by atoms with Gasteiger partial charge in [-0.3, -0.25) is 0 Å². The van der Waals surface area contributed by atoms with Crippen LogP contribution in [0.15, 0.2) is 78.9 Å². The molecule has 0 unspecified atom stereocenters. The van der Waals surface area contributed by atoms with Crippen molar-refractivity contribution in [2.45, 2.75) is 26.4 Å². The summed E-state index contributed by atoms with van der Waals surface area (Å²) in [5.41, 5.74) is 0.152. The second kappa shape index (κ2) is 9.53. The number of para-hydroxylation sites is 1. The highest BCUT2D eigenvalue weighted by molar-refractivity contribution is 5.93. The number of rotatable bonds is 7. The van der Waals surface area contributed by atoms with Crippen LogP contribution >= 0.6 is 0 Å². The van der Waals surface area contributed by atoms with Gasteiger partial charge >= 0.3 is 6.18 Å². The summed E-state index contributed by atoms with van der Waals surface area (Å²) in [6.07, 6.45) is -4.29. The van der Waals surface area contributed by atoms with Gasteiger partial charge in [-0.15, -0.1) is 0 Å². The molecule has 3 rings (SSSR count). The Morgan fingerprint density at radius 3 is 2.00 bits per heavy atom. The topological polar surface area (TPSA) is 18.5 Å². The summed E-state index contributed by atoms with van der Waals surface area (Å²) in [7, 11) is 0. The highest BCUT2D eigenvalue weighted by Gasteiger charge is 2.37. The molecule has 0 amide bonds. The van der Waals surface area contributed by atoms with Crippen LogP contribution in [-0.2, 0) is 0 Å². The SMILES string of the molecule is CCOc1ccc(/C(=C(\CC)c2cccc(Oc3ccccc3)c2)C(F)(F)F)cc1. The minimum Gasteiger partial charge on any atom is -0.494 e. The lowest BCUT2D eigenvalue weighted by Gasteiger charge is -2.19. The number of allylic oxidation sites excluding steroid dienone is 2. The Balaban J connectivity index is 2.05. The zero-order valence-corrected chi connectivity index (χ0v) is 16.9. The Bertz CT molecular complexity index is 991. The normalized spacial score (nSPS) is 12.3. The summed E-state index contributed by atoms with van der Waals surface area (Å²) < 4.78 is 53.5. The molecule has 0 aliphatic heterocycles. The minimum absolute atomic E-state index is 0.109. The number of ether oxygens (including phenoxy) is 2. The first-order chi connectivity index (χ1) is 14.4. The monoisotopic (exact) mass is 412 g/mol. The van der Waals surface area contributed by atoms with E-state index in [2.05, 4.69) is 0 Å². The first-order valence-electron chi connectivity index (χ1n) is 9.79. The third kappa shape index (κ3) is 5.23. The van der Waals surface area contributed by atoms with Gasteiger partial charge in [0.1, 0.15) is 17.2 Å². The summed E-state index contributed by atoms with van der Waals surface area (Å²) in [6, 6.07) is 21.9. The fraction of sp³-hybridized carbons (Fsp3) is 0.200. The van der Waals surface area contributed by atoms with Crippen molar-refractivity contribution < 1.29 is 22.6 Å². The van der Waals surface area contributed by atoms with E-state index >= 15 is 0 Å². The number of hydrogen-bond donors (Lipinski definition) is 0. The fourth-order valence-corrected chi connectivity index (χ4v) is 3.29. The molecule has 3 aromatic carbocycles. The Kier molecular flexibility index (Phi) is 6.83. The molecule has 156 valence electrons. The van der Waals surface area contributed by atoms with Crippen molar-refractivity contribution in [3.63, 3.8) is 0 Å². The summed E-state index contributed by atoms with van der Waals surface area (Å²) in [5, 5.41) is 0. The van der Waals surface area contributed by atoms with Gasteiger partial charge in [-0.1, -0.05) is 49.4 Å². The molecular weight excluding hydrogens is 389 g/mol. The van der Waals surface area contributed by atoms with Gasteiger partial charge in [-0.05, 0) is 66.4 Å². The fourth-order valence-electron chi connectivity index (χ4n) is 3.29. The van der Waals surface area contributed by atoms with E-state index in [4.69, 9.17) is 9.47 Å². The smallest absolute Gasteiger partial charge is 0.417 e. The van der Waals surface area contributed by atoms with E-state index in [-0.39, 0.29) is 17.6 Å². The van der Waals surface area contributed by atoms with Crippen LogP contribution in [0.1, 0.15) is 31.4 Å². The van der Waals surface area contributed by atoms with Crippen LogP contribution in [0.2, 0.25) is 0 Å². The lowest BCUT2D eigenvalue weighted by molar-refractivity contribution is -0.0686. The Morgan fingerprint density at radius 2 is 1.40 bits per heavy atom. The molecule has 30 heavy (non-hydrogen) atoms. The van der Waals surface area contributed by atoms with Gasteiger partial charge in [0.15, 0.2) is 0 Å². The second-order valence-electron chi connectivity index (χ2n) is 6.61. The molecule has 0 saturated carbocycles. The van der Waals surface area contributed by atoms with Crippen molar-refractivity contribution in [3.8, 4) is 17.2 Å². The maximum Gasteiger partial charge on any atom is 0.417 e. The molecule has 3 aromatic rings. The highest BCUT2D eigenvalue weighted by atomic mass is 19.4. The average Bonchev–Trinajstić information content (AvgIpc) is 2.73. The van der Waals surface area contributed by atoms with Gasteiger partial charge < -0.3 is 9.47 Å². The van der Waals surface area contributed by atoms with Crippen molar-refractivity contribution in [2.75, 3.05) is 6.61 Å². The molecule has 0 aliphatic rings. The van der Waals surface area contributed by atoms with E-state index in [1.54, 1.807) is 55.5 Å². The molecule has 0 N–H and O–H groups in total. The molecule has 0 aromatic heterocycles. The van der Waals surface area contributed by atoms with E-state index in [0.717, 1.165) is 0 Å². The molecule has 0 fully saturated rings. The summed E-state index contributed by atoms with van der Waals surface area (Å²) in [5.74, 6) is 1.65. The molecule has 5 heteroatoms. The molecule has 0 heterocycles. The molecule has 0 radical (unpaired) electrons. The Hall–Kier alpha value is -3.21.